The van der Waals surface area contributed by atoms with E-state index in [2.05, 4.69) is 4.74 Å². The zero-order chi connectivity index (χ0) is 18.7. The molecule has 1 saturated heterocycles. The molecule has 1 heterocycles. The molecule has 0 aromatic heterocycles. The molecule has 1 amide bonds. The summed E-state index contributed by atoms with van der Waals surface area (Å²) in [5.74, 6) is 0.539. The molecule has 1 saturated carbocycles. The first kappa shape index (κ1) is 21.7. The number of benzene rings is 1. The molecule has 0 spiro atoms. The summed E-state index contributed by atoms with van der Waals surface area (Å²) in [4.78, 5) is 13.5. The summed E-state index contributed by atoms with van der Waals surface area (Å²) in [5, 5.41) is 9.53. The molecule has 1 aromatic carbocycles. The molecule has 1 aromatic rings. The van der Waals surface area contributed by atoms with E-state index in [4.69, 9.17) is 10.5 Å². The number of carbonyl (C=O) groups excluding carboxylic acids is 1. The molecule has 3 N–H and O–H groups in total. The Hall–Kier alpha value is -1.64. The van der Waals surface area contributed by atoms with Crippen molar-refractivity contribution in [1.82, 2.24) is 4.90 Å². The molecule has 2 atom stereocenters. The average molecular weight is 407 g/mol. The van der Waals surface area contributed by atoms with Crippen LogP contribution in [0.2, 0.25) is 0 Å². The largest absolute Gasteiger partial charge is 0.489 e. The fraction of sp³-hybridized carbons (Fsp3) is 0.611. The minimum atomic E-state index is -2.92. The Morgan fingerprint density at radius 2 is 2.07 bits per heavy atom. The van der Waals surface area contributed by atoms with E-state index in [1.165, 1.54) is 6.07 Å². The van der Waals surface area contributed by atoms with Gasteiger partial charge in [-0.3, -0.25) is 4.79 Å². The van der Waals surface area contributed by atoms with Crippen LogP contribution in [0.1, 0.15) is 30.7 Å². The van der Waals surface area contributed by atoms with Crippen molar-refractivity contribution in [1.29, 1.82) is 0 Å². The minimum Gasteiger partial charge on any atom is -0.489 e. The van der Waals surface area contributed by atoms with Crippen LogP contribution in [0.5, 0.6) is 11.5 Å². The van der Waals surface area contributed by atoms with Gasteiger partial charge in [0.2, 0.25) is 5.91 Å². The van der Waals surface area contributed by atoms with Gasteiger partial charge in [0.15, 0.2) is 11.5 Å². The zero-order valence-corrected chi connectivity index (χ0v) is 15.7. The Kier molecular flexibility index (Phi) is 7.64. The number of alkyl halides is 2. The number of nitrogens with zero attached hydrogens (tertiary/aromatic N) is 1. The van der Waals surface area contributed by atoms with Crippen LogP contribution < -0.4 is 15.2 Å². The highest BCUT2D eigenvalue weighted by molar-refractivity contribution is 5.85. The summed E-state index contributed by atoms with van der Waals surface area (Å²) in [6.45, 7) is -2.27. The Bertz CT molecular complexity index is 646. The van der Waals surface area contributed by atoms with Crippen LogP contribution in [0.25, 0.3) is 0 Å². The number of nitrogens with two attached hydrogens (primary N) is 1. The number of amides is 1. The number of likely N-dealkylation sites (tertiary alicyclic amines) is 1. The van der Waals surface area contributed by atoms with Gasteiger partial charge in [0.05, 0.1) is 25.8 Å². The maximum atomic E-state index is 12.6. The molecular weight excluding hydrogens is 382 g/mol. The van der Waals surface area contributed by atoms with Gasteiger partial charge in [-0.1, -0.05) is 6.07 Å². The van der Waals surface area contributed by atoms with Gasteiger partial charge < -0.3 is 25.2 Å². The van der Waals surface area contributed by atoms with Crippen LogP contribution in [-0.2, 0) is 4.79 Å². The van der Waals surface area contributed by atoms with Gasteiger partial charge in [-0.15, -0.1) is 12.4 Å². The number of carbonyl (C=O) groups is 1. The first-order chi connectivity index (χ1) is 12.5. The molecule has 0 radical (unpaired) electrons. The number of aliphatic hydroxyl groups excluding tert-OH is 1. The molecule has 9 heteroatoms. The van der Waals surface area contributed by atoms with E-state index in [0.29, 0.717) is 31.2 Å². The minimum absolute atomic E-state index is 0. The molecule has 2 aliphatic rings. The first-order valence-corrected chi connectivity index (χ1v) is 8.83. The number of hydrogen-bond acceptors (Lipinski definition) is 5. The molecular formula is C18H25ClF2N2O4. The lowest BCUT2D eigenvalue weighted by molar-refractivity contribution is -0.131. The monoisotopic (exact) mass is 406 g/mol. The van der Waals surface area contributed by atoms with E-state index < -0.39 is 6.61 Å². The van der Waals surface area contributed by atoms with Crippen molar-refractivity contribution in [2.75, 3.05) is 26.3 Å². The third kappa shape index (κ3) is 5.43. The number of hydrogen-bond donors (Lipinski definition) is 2. The van der Waals surface area contributed by atoms with Crippen LogP contribution in [0.4, 0.5) is 8.78 Å². The van der Waals surface area contributed by atoms with Crippen molar-refractivity contribution in [3.05, 3.63) is 23.8 Å². The predicted octanol–water partition coefficient (Wildman–Crippen LogP) is 2.13. The molecule has 3 rings (SSSR count). The first-order valence-electron chi connectivity index (χ1n) is 8.83. The number of ether oxygens (including phenoxy) is 2. The number of aliphatic hydroxyl groups is 1. The Labute approximate surface area is 163 Å². The van der Waals surface area contributed by atoms with Gasteiger partial charge in [-0.05, 0) is 42.9 Å². The second-order valence-corrected chi connectivity index (χ2v) is 6.86. The van der Waals surface area contributed by atoms with Crippen molar-refractivity contribution in [3.63, 3.8) is 0 Å². The normalized spacial score (nSPS) is 21.9. The standard InChI is InChI=1S/C18H24F2N2O4.ClH/c19-18(20)26-15-4-3-12(6-16(15)25-10-11-1-2-11)13-5-14(9-23)22(8-13)17(24)7-21;/h3-4,6,11,13-14,18,23H,1-2,5,7-10,21H2;1H/t13?,14-;/m0./s1. The van der Waals surface area contributed by atoms with Crippen LogP contribution in [0.3, 0.4) is 0 Å². The van der Waals surface area contributed by atoms with Crippen molar-refractivity contribution in [2.24, 2.45) is 11.7 Å². The van der Waals surface area contributed by atoms with E-state index in [1.807, 2.05) is 0 Å². The zero-order valence-electron chi connectivity index (χ0n) is 14.9. The Morgan fingerprint density at radius 1 is 1.33 bits per heavy atom. The Balaban J connectivity index is 0.00000261. The number of rotatable bonds is 8. The van der Waals surface area contributed by atoms with E-state index >= 15 is 0 Å². The maximum Gasteiger partial charge on any atom is 0.387 e. The molecule has 0 bridgehead atoms. The van der Waals surface area contributed by atoms with Gasteiger partial charge in [0, 0.05) is 12.5 Å². The van der Waals surface area contributed by atoms with Gasteiger partial charge in [0.25, 0.3) is 0 Å². The van der Waals surface area contributed by atoms with Crippen LogP contribution in [0, 0.1) is 5.92 Å². The predicted molar refractivity (Wildman–Crippen MR) is 97.5 cm³/mol. The van der Waals surface area contributed by atoms with E-state index in [1.54, 1.807) is 17.0 Å². The lowest BCUT2D eigenvalue weighted by Crippen LogP contribution is -2.41. The highest BCUT2D eigenvalue weighted by Gasteiger charge is 2.35. The molecule has 27 heavy (non-hydrogen) atoms. The van der Waals surface area contributed by atoms with Gasteiger partial charge >= 0.3 is 6.61 Å². The molecule has 152 valence electrons. The smallest absolute Gasteiger partial charge is 0.387 e. The summed E-state index contributed by atoms with van der Waals surface area (Å²) >= 11 is 0. The fourth-order valence-corrected chi connectivity index (χ4v) is 3.33. The van der Waals surface area contributed by atoms with Crippen molar-refractivity contribution in [3.8, 4) is 11.5 Å². The van der Waals surface area contributed by atoms with Crippen molar-refractivity contribution < 1.29 is 28.2 Å². The second kappa shape index (κ2) is 9.52. The molecule has 1 aliphatic carbocycles. The molecule has 1 aliphatic heterocycles. The van der Waals surface area contributed by atoms with Crippen molar-refractivity contribution in [2.45, 2.75) is 37.8 Å². The van der Waals surface area contributed by atoms with Gasteiger partial charge in [-0.25, -0.2) is 0 Å². The third-order valence-corrected chi connectivity index (χ3v) is 4.95. The summed E-state index contributed by atoms with van der Waals surface area (Å²) in [6.07, 6.45) is 2.75. The third-order valence-electron chi connectivity index (χ3n) is 4.95. The molecule has 1 unspecified atom stereocenters. The Morgan fingerprint density at radius 3 is 2.67 bits per heavy atom. The van der Waals surface area contributed by atoms with Crippen molar-refractivity contribution >= 4 is 18.3 Å². The van der Waals surface area contributed by atoms with Crippen LogP contribution >= 0.6 is 12.4 Å². The van der Waals surface area contributed by atoms with E-state index in [-0.39, 0.29) is 49.2 Å². The molecule has 6 nitrogen and oxygen atoms in total. The fourth-order valence-electron chi connectivity index (χ4n) is 3.33. The van der Waals surface area contributed by atoms with E-state index in [9.17, 15) is 18.7 Å². The SMILES string of the molecule is Cl.NCC(=O)N1CC(c2ccc(OC(F)F)c(OCC3CC3)c2)C[C@H]1CO. The lowest BCUT2D eigenvalue weighted by Gasteiger charge is -2.22. The number of halogens is 3. The summed E-state index contributed by atoms with van der Waals surface area (Å²) < 4.78 is 35.5. The van der Waals surface area contributed by atoms with Gasteiger partial charge in [-0.2, -0.15) is 8.78 Å². The average Bonchev–Trinajstić information content (AvgIpc) is 3.36. The summed E-state index contributed by atoms with van der Waals surface area (Å²) in [7, 11) is 0. The maximum absolute atomic E-state index is 12.6. The van der Waals surface area contributed by atoms with Crippen LogP contribution in [-0.4, -0.2) is 54.9 Å². The summed E-state index contributed by atoms with van der Waals surface area (Å²) in [6, 6.07) is 4.60. The molecule has 2 fully saturated rings. The quantitative estimate of drug-likeness (QED) is 0.691. The second-order valence-electron chi connectivity index (χ2n) is 6.86. The topological polar surface area (TPSA) is 85.0 Å². The highest BCUT2D eigenvalue weighted by atomic mass is 35.5. The summed E-state index contributed by atoms with van der Waals surface area (Å²) in [5.41, 5.74) is 6.30. The van der Waals surface area contributed by atoms with Crippen LogP contribution in [0.15, 0.2) is 18.2 Å². The lowest BCUT2D eigenvalue weighted by atomic mass is 9.96. The highest BCUT2D eigenvalue weighted by Crippen LogP contribution is 2.38. The van der Waals surface area contributed by atoms with E-state index in [0.717, 1.165) is 18.4 Å². The van der Waals surface area contributed by atoms with Gasteiger partial charge in [0.1, 0.15) is 0 Å².